The zero-order chi connectivity index (χ0) is 12.7. The first-order valence-electron chi connectivity index (χ1n) is 5.11. The molecule has 0 bridgehead atoms. The highest BCUT2D eigenvalue weighted by molar-refractivity contribution is 6.28. The van der Waals surface area contributed by atoms with Crippen molar-refractivity contribution in [3.8, 4) is 0 Å². The van der Waals surface area contributed by atoms with Crippen molar-refractivity contribution in [3.05, 3.63) is 23.8 Å². The third-order valence-corrected chi connectivity index (χ3v) is 2.03. The number of rotatable bonds is 6. The van der Waals surface area contributed by atoms with Gasteiger partial charge in [0, 0.05) is 18.7 Å². The number of anilines is 1. The number of carbonyl (C=O) groups excluding carboxylic acids is 1. The van der Waals surface area contributed by atoms with Crippen molar-refractivity contribution in [2.45, 2.75) is 13.3 Å². The van der Waals surface area contributed by atoms with Gasteiger partial charge in [-0.3, -0.25) is 4.79 Å². The maximum atomic E-state index is 11.1. The lowest BCUT2D eigenvalue weighted by Gasteiger charge is -2.05. The molecule has 1 aromatic rings. The second-order valence-corrected chi connectivity index (χ2v) is 3.73. The van der Waals surface area contributed by atoms with Crippen LogP contribution in [0, 0.1) is 0 Å². The van der Waals surface area contributed by atoms with Crippen molar-refractivity contribution in [1.82, 2.24) is 20.3 Å². The van der Waals surface area contributed by atoms with Crippen molar-refractivity contribution >= 4 is 23.5 Å². The zero-order valence-electron chi connectivity index (χ0n) is 9.53. The van der Waals surface area contributed by atoms with Crippen LogP contribution in [-0.4, -0.2) is 33.9 Å². The molecule has 1 aromatic heterocycles. The Labute approximate surface area is 105 Å². The molecule has 0 saturated heterocycles. The first kappa shape index (κ1) is 13.4. The molecule has 92 valence electrons. The minimum atomic E-state index is -0.131. The van der Waals surface area contributed by atoms with Gasteiger partial charge in [-0.1, -0.05) is 6.58 Å². The summed E-state index contributed by atoms with van der Waals surface area (Å²) in [5.74, 6) is 0.296. The summed E-state index contributed by atoms with van der Waals surface area (Å²) in [6, 6.07) is 0. The van der Waals surface area contributed by atoms with Gasteiger partial charge in [0.25, 0.3) is 0 Å². The Kier molecular flexibility index (Phi) is 5.35. The molecule has 0 aliphatic carbocycles. The van der Waals surface area contributed by atoms with Crippen LogP contribution in [0.15, 0.2) is 18.5 Å². The fraction of sp³-hybridized carbons (Fsp3) is 0.400. The second kappa shape index (κ2) is 6.80. The lowest BCUT2D eigenvalue weighted by molar-refractivity contribution is -0.117. The molecule has 17 heavy (non-hydrogen) atoms. The number of nitrogens with one attached hydrogen (secondary N) is 2. The van der Waals surface area contributed by atoms with Crippen LogP contribution in [0.4, 0.5) is 5.95 Å². The van der Waals surface area contributed by atoms with Crippen LogP contribution in [-0.2, 0) is 4.79 Å². The lowest BCUT2D eigenvalue weighted by atomic mass is 10.3. The Morgan fingerprint density at radius 1 is 1.47 bits per heavy atom. The first-order chi connectivity index (χ1) is 8.09. The molecule has 0 fully saturated rings. The van der Waals surface area contributed by atoms with Gasteiger partial charge in [-0.05, 0) is 24.9 Å². The van der Waals surface area contributed by atoms with Gasteiger partial charge < -0.3 is 10.6 Å². The number of amides is 1. The standard InChI is InChI=1S/C10H14ClN5O/c1-7(2)8(17)12-4-3-5-13-10-15-6-14-9(11)16-10/h6H,1,3-5H2,2H3,(H,12,17)(H,13,14,15,16). The molecular formula is C10H14ClN5O. The predicted molar refractivity (Wildman–Crippen MR) is 65.8 cm³/mol. The lowest BCUT2D eigenvalue weighted by Crippen LogP contribution is -2.26. The summed E-state index contributed by atoms with van der Waals surface area (Å²) in [4.78, 5) is 22.5. The molecule has 6 nitrogen and oxygen atoms in total. The first-order valence-corrected chi connectivity index (χ1v) is 5.49. The Balaban J connectivity index is 2.16. The number of carbonyl (C=O) groups is 1. The van der Waals surface area contributed by atoms with Crippen molar-refractivity contribution in [3.63, 3.8) is 0 Å². The highest BCUT2D eigenvalue weighted by atomic mass is 35.5. The average molecular weight is 256 g/mol. The van der Waals surface area contributed by atoms with E-state index in [1.165, 1.54) is 6.33 Å². The van der Waals surface area contributed by atoms with E-state index >= 15 is 0 Å². The van der Waals surface area contributed by atoms with Gasteiger partial charge >= 0.3 is 0 Å². The Hall–Kier alpha value is -1.69. The highest BCUT2D eigenvalue weighted by Gasteiger charge is 2.00. The molecule has 2 N–H and O–H groups in total. The SMILES string of the molecule is C=C(C)C(=O)NCCCNc1ncnc(Cl)n1. The quantitative estimate of drug-likeness (QED) is 0.586. The van der Waals surface area contributed by atoms with E-state index in [4.69, 9.17) is 11.6 Å². The molecular weight excluding hydrogens is 242 g/mol. The van der Waals surface area contributed by atoms with E-state index in [0.717, 1.165) is 6.42 Å². The van der Waals surface area contributed by atoms with Gasteiger partial charge in [-0.25, -0.2) is 9.97 Å². The van der Waals surface area contributed by atoms with Gasteiger partial charge in [0.15, 0.2) is 0 Å². The van der Waals surface area contributed by atoms with E-state index in [0.29, 0.717) is 24.6 Å². The smallest absolute Gasteiger partial charge is 0.246 e. The van der Waals surface area contributed by atoms with E-state index in [2.05, 4.69) is 32.2 Å². The molecule has 0 unspecified atom stereocenters. The third-order valence-electron chi connectivity index (χ3n) is 1.85. The van der Waals surface area contributed by atoms with E-state index in [9.17, 15) is 4.79 Å². The minimum absolute atomic E-state index is 0.131. The molecule has 1 amide bonds. The zero-order valence-corrected chi connectivity index (χ0v) is 10.3. The maximum Gasteiger partial charge on any atom is 0.246 e. The average Bonchev–Trinajstić information content (AvgIpc) is 2.28. The molecule has 0 saturated carbocycles. The van der Waals surface area contributed by atoms with Crippen molar-refractivity contribution < 1.29 is 4.79 Å². The van der Waals surface area contributed by atoms with Crippen LogP contribution in [0.5, 0.6) is 0 Å². The van der Waals surface area contributed by atoms with E-state index in [1.807, 2.05) is 0 Å². The highest BCUT2D eigenvalue weighted by Crippen LogP contribution is 2.01. The summed E-state index contributed by atoms with van der Waals surface area (Å²) in [6.07, 6.45) is 2.09. The second-order valence-electron chi connectivity index (χ2n) is 3.39. The molecule has 1 heterocycles. The van der Waals surface area contributed by atoms with Crippen LogP contribution in [0.3, 0.4) is 0 Å². The van der Waals surface area contributed by atoms with Gasteiger partial charge in [0.2, 0.25) is 17.1 Å². The number of hydrogen-bond donors (Lipinski definition) is 2. The predicted octanol–water partition coefficient (Wildman–Crippen LogP) is 1.02. The van der Waals surface area contributed by atoms with Crippen LogP contribution in [0.2, 0.25) is 5.28 Å². The van der Waals surface area contributed by atoms with Crippen molar-refractivity contribution in [1.29, 1.82) is 0 Å². The Morgan fingerprint density at radius 3 is 2.88 bits per heavy atom. The maximum absolute atomic E-state index is 11.1. The third kappa shape index (κ3) is 5.26. The van der Waals surface area contributed by atoms with Crippen LogP contribution in [0.25, 0.3) is 0 Å². The normalized spacial score (nSPS) is 9.76. The van der Waals surface area contributed by atoms with Crippen LogP contribution in [0.1, 0.15) is 13.3 Å². The molecule has 0 spiro atoms. The fourth-order valence-corrected chi connectivity index (χ4v) is 1.13. The largest absolute Gasteiger partial charge is 0.354 e. The fourth-order valence-electron chi connectivity index (χ4n) is 1.00. The van der Waals surface area contributed by atoms with Crippen LogP contribution < -0.4 is 10.6 Å². The summed E-state index contributed by atoms with van der Waals surface area (Å²) < 4.78 is 0. The molecule has 7 heteroatoms. The monoisotopic (exact) mass is 255 g/mol. The molecule has 0 radical (unpaired) electrons. The molecule has 0 aliphatic heterocycles. The Bertz CT molecular complexity index is 409. The number of nitrogens with zero attached hydrogens (tertiary/aromatic N) is 3. The van der Waals surface area contributed by atoms with Gasteiger partial charge in [0.05, 0.1) is 0 Å². The van der Waals surface area contributed by atoms with Gasteiger partial charge in [0.1, 0.15) is 6.33 Å². The van der Waals surface area contributed by atoms with Crippen molar-refractivity contribution in [2.75, 3.05) is 18.4 Å². The molecule has 0 atom stereocenters. The van der Waals surface area contributed by atoms with Gasteiger partial charge in [-0.2, -0.15) is 4.98 Å². The summed E-state index contributed by atoms with van der Waals surface area (Å²) in [7, 11) is 0. The molecule has 0 aromatic carbocycles. The topological polar surface area (TPSA) is 79.8 Å². The van der Waals surface area contributed by atoms with Crippen LogP contribution >= 0.6 is 11.6 Å². The summed E-state index contributed by atoms with van der Waals surface area (Å²) in [5, 5.41) is 5.84. The number of hydrogen-bond acceptors (Lipinski definition) is 5. The minimum Gasteiger partial charge on any atom is -0.354 e. The van der Waals surface area contributed by atoms with E-state index < -0.39 is 0 Å². The molecule has 1 rings (SSSR count). The number of aromatic nitrogens is 3. The van der Waals surface area contributed by atoms with Crippen molar-refractivity contribution in [2.24, 2.45) is 0 Å². The summed E-state index contributed by atoms with van der Waals surface area (Å²) >= 11 is 5.59. The van der Waals surface area contributed by atoms with E-state index in [-0.39, 0.29) is 11.2 Å². The van der Waals surface area contributed by atoms with E-state index in [1.54, 1.807) is 6.92 Å². The molecule has 0 aliphatic rings. The summed E-state index contributed by atoms with van der Waals surface area (Å²) in [5.41, 5.74) is 0.502. The number of halogens is 1. The Morgan fingerprint density at radius 2 is 2.24 bits per heavy atom. The van der Waals surface area contributed by atoms with Gasteiger partial charge in [-0.15, -0.1) is 0 Å². The summed E-state index contributed by atoms with van der Waals surface area (Å²) in [6.45, 7) is 6.41.